The Bertz CT molecular complexity index is 481. The summed E-state index contributed by atoms with van der Waals surface area (Å²) in [4.78, 5) is 13.9. The Morgan fingerprint density at radius 3 is 2.50 bits per heavy atom. The summed E-state index contributed by atoms with van der Waals surface area (Å²) in [5.74, 6) is -0.0199. The van der Waals surface area contributed by atoms with Crippen molar-refractivity contribution in [3.8, 4) is 0 Å². The number of rotatable bonds is 1. The van der Waals surface area contributed by atoms with Gasteiger partial charge in [-0.05, 0) is 46.4 Å². The minimum absolute atomic E-state index is 0.0199. The summed E-state index contributed by atoms with van der Waals surface area (Å²) in [6.45, 7) is 0. The number of carbonyl (C=O) groups is 1. The van der Waals surface area contributed by atoms with E-state index in [1.54, 1.807) is 7.05 Å². The molecule has 1 aliphatic heterocycles. The van der Waals surface area contributed by atoms with Crippen molar-refractivity contribution >= 4 is 62.9 Å². The Morgan fingerprint density at radius 1 is 1.38 bits per heavy atom. The van der Waals surface area contributed by atoms with Gasteiger partial charge < -0.3 is 0 Å². The minimum atomic E-state index is -0.0199. The van der Waals surface area contributed by atoms with E-state index in [1.165, 1.54) is 20.2 Å². The molecule has 1 aromatic rings. The van der Waals surface area contributed by atoms with Crippen molar-refractivity contribution in [1.29, 1.82) is 0 Å². The molecular weight excluding hydrogens is 353 g/mol. The quantitative estimate of drug-likeness (QED) is 0.436. The lowest BCUT2D eigenvalue weighted by Gasteiger charge is -2.03. The lowest BCUT2D eigenvalue weighted by atomic mass is 10.2. The molecule has 82 valence electrons. The molecule has 1 amide bonds. The normalized spacial score (nSPS) is 18.6. The van der Waals surface area contributed by atoms with E-state index in [2.05, 4.69) is 22.6 Å². The van der Waals surface area contributed by atoms with E-state index < -0.39 is 0 Å². The molecule has 0 spiro atoms. The van der Waals surface area contributed by atoms with Crippen LogP contribution in [0.2, 0.25) is 0 Å². The van der Waals surface area contributed by atoms with Crippen LogP contribution in [0.15, 0.2) is 29.2 Å². The summed E-state index contributed by atoms with van der Waals surface area (Å²) in [6, 6.07) is 8.01. The molecule has 0 radical (unpaired) electrons. The molecule has 0 saturated carbocycles. The van der Waals surface area contributed by atoms with Crippen molar-refractivity contribution in [1.82, 2.24) is 4.90 Å². The number of hydrogen-bond acceptors (Lipinski definition) is 3. The highest BCUT2D eigenvalue weighted by Crippen LogP contribution is 2.31. The molecule has 0 unspecified atom stereocenters. The van der Waals surface area contributed by atoms with E-state index in [-0.39, 0.29) is 5.91 Å². The largest absolute Gasteiger partial charge is 0.296 e. The summed E-state index contributed by atoms with van der Waals surface area (Å²) >= 11 is 8.66. The third kappa shape index (κ3) is 2.46. The van der Waals surface area contributed by atoms with Gasteiger partial charge in [0.25, 0.3) is 5.91 Å². The molecule has 2 nitrogen and oxygen atoms in total. The first-order chi connectivity index (χ1) is 7.58. The number of halogens is 1. The predicted molar refractivity (Wildman–Crippen MR) is 80.1 cm³/mol. The predicted octanol–water partition coefficient (Wildman–Crippen LogP) is 3.12. The number of hydrogen-bond donors (Lipinski definition) is 0. The maximum absolute atomic E-state index is 11.7. The van der Waals surface area contributed by atoms with E-state index in [0.717, 1.165) is 5.56 Å². The van der Waals surface area contributed by atoms with Crippen molar-refractivity contribution < 1.29 is 4.79 Å². The van der Waals surface area contributed by atoms with Crippen LogP contribution in [-0.4, -0.2) is 22.2 Å². The van der Waals surface area contributed by atoms with Gasteiger partial charge in [-0.1, -0.05) is 36.1 Å². The van der Waals surface area contributed by atoms with Gasteiger partial charge in [0.05, 0.1) is 4.91 Å². The highest BCUT2D eigenvalue weighted by atomic mass is 127. The SMILES string of the molecule is CN1C(=O)/C(=C/c2ccc(I)cc2)SC1=S. The standard InChI is InChI=1S/C11H8INOS2/c1-13-10(14)9(16-11(13)15)6-7-2-4-8(12)5-3-7/h2-6H,1H3/b9-6-. The van der Waals surface area contributed by atoms with Gasteiger partial charge >= 0.3 is 0 Å². The topological polar surface area (TPSA) is 20.3 Å². The monoisotopic (exact) mass is 361 g/mol. The fourth-order valence-electron chi connectivity index (χ4n) is 1.26. The first kappa shape index (κ1) is 12.1. The van der Waals surface area contributed by atoms with E-state index in [9.17, 15) is 4.79 Å². The maximum Gasteiger partial charge on any atom is 0.265 e. The van der Waals surface area contributed by atoms with Gasteiger partial charge in [0.15, 0.2) is 0 Å². The Hall–Kier alpha value is -0.400. The van der Waals surface area contributed by atoms with E-state index in [0.29, 0.717) is 9.23 Å². The second-order valence-corrected chi connectivity index (χ2v) is 6.21. The first-order valence-corrected chi connectivity index (χ1v) is 6.85. The lowest BCUT2D eigenvalue weighted by molar-refractivity contribution is -0.121. The zero-order chi connectivity index (χ0) is 11.7. The third-order valence-corrected chi connectivity index (χ3v) is 4.36. The van der Waals surface area contributed by atoms with Gasteiger partial charge in [-0.2, -0.15) is 0 Å². The highest BCUT2D eigenvalue weighted by Gasteiger charge is 2.28. The van der Waals surface area contributed by atoms with Crippen molar-refractivity contribution in [3.63, 3.8) is 0 Å². The molecule has 2 rings (SSSR count). The second-order valence-electron chi connectivity index (χ2n) is 3.29. The summed E-state index contributed by atoms with van der Waals surface area (Å²) < 4.78 is 1.79. The molecule has 0 aliphatic carbocycles. The summed E-state index contributed by atoms with van der Waals surface area (Å²) in [6.07, 6.45) is 1.87. The van der Waals surface area contributed by atoms with Gasteiger partial charge in [-0.15, -0.1) is 0 Å². The van der Waals surface area contributed by atoms with Crippen LogP contribution in [0.5, 0.6) is 0 Å². The summed E-state index contributed by atoms with van der Waals surface area (Å²) in [5, 5.41) is 0. The molecule has 5 heteroatoms. The Morgan fingerprint density at radius 2 is 2.00 bits per heavy atom. The number of likely N-dealkylation sites (N-methyl/N-ethyl adjacent to an activating group) is 1. The van der Waals surface area contributed by atoms with E-state index >= 15 is 0 Å². The molecule has 0 N–H and O–H groups in total. The first-order valence-electron chi connectivity index (χ1n) is 4.55. The molecule has 0 atom stereocenters. The average Bonchev–Trinajstić information content (AvgIpc) is 2.50. The van der Waals surface area contributed by atoms with Gasteiger partial charge in [-0.3, -0.25) is 9.69 Å². The number of benzene rings is 1. The molecule has 1 heterocycles. The van der Waals surface area contributed by atoms with Gasteiger partial charge in [0.1, 0.15) is 4.32 Å². The molecular formula is C11H8INOS2. The molecule has 0 bridgehead atoms. The van der Waals surface area contributed by atoms with E-state index in [4.69, 9.17) is 12.2 Å². The number of thioether (sulfide) groups is 1. The van der Waals surface area contributed by atoms with Gasteiger partial charge in [-0.25, -0.2) is 0 Å². The van der Waals surface area contributed by atoms with Crippen LogP contribution < -0.4 is 0 Å². The zero-order valence-electron chi connectivity index (χ0n) is 8.44. The molecule has 16 heavy (non-hydrogen) atoms. The number of carbonyl (C=O) groups excluding carboxylic acids is 1. The molecule has 0 aromatic heterocycles. The van der Waals surface area contributed by atoms with Crippen molar-refractivity contribution in [2.45, 2.75) is 0 Å². The zero-order valence-corrected chi connectivity index (χ0v) is 12.2. The van der Waals surface area contributed by atoms with Gasteiger partial charge in [0.2, 0.25) is 0 Å². The van der Waals surface area contributed by atoms with Crippen molar-refractivity contribution in [2.75, 3.05) is 7.05 Å². The Kier molecular flexibility index (Phi) is 3.66. The number of nitrogens with zero attached hydrogens (tertiary/aromatic N) is 1. The highest BCUT2D eigenvalue weighted by molar-refractivity contribution is 14.1. The molecule has 1 fully saturated rings. The Balaban J connectivity index is 2.29. The van der Waals surface area contributed by atoms with Gasteiger partial charge in [0, 0.05) is 10.6 Å². The second kappa shape index (κ2) is 4.85. The summed E-state index contributed by atoms with van der Waals surface area (Å²) in [5.41, 5.74) is 1.02. The van der Waals surface area contributed by atoms with Crippen LogP contribution in [0.25, 0.3) is 6.08 Å². The fraction of sp³-hybridized carbons (Fsp3) is 0.0909. The third-order valence-electron chi connectivity index (χ3n) is 2.15. The molecule has 1 aliphatic rings. The minimum Gasteiger partial charge on any atom is -0.296 e. The van der Waals surface area contributed by atoms with Crippen LogP contribution in [0.4, 0.5) is 0 Å². The van der Waals surface area contributed by atoms with Crippen LogP contribution >= 0.6 is 46.6 Å². The maximum atomic E-state index is 11.7. The van der Waals surface area contributed by atoms with Crippen LogP contribution in [0, 0.1) is 3.57 Å². The Labute approximate surface area is 117 Å². The average molecular weight is 361 g/mol. The van der Waals surface area contributed by atoms with Crippen LogP contribution in [0.3, 0.4) is 0 Å². The summed E-state index contributed by atoms with van der Waals surface area (Å²) in [7, 11) is 1.70. The van der Waals surface area contributed by atoms with Crippen LogP contribution in [-0.2, 0) is 4.79 Å². The van der Waals surface area contributed by atoms with E-state index in [1.807, 2.05) is 30.3 Å². The molecule has 1 aromatic carbocycles. The number of thiocarbonyl (C=S) groups is 1. The van der Waals surface area contributed by atoms with Crippen molar-refractivity contribution in [3.05, 3.63) is 38.3 Å². The fourth-order valence-corrected chi connectivity index (χ4v) is 2.80. The van der Waals surface area contributed by atoms with Crippen LogP contribution in [0.1, 0.15) is 5.56 Å². The smallest absolute Gasteiger partial charge is 0.265 e. The van der Waals surface area contributed by atoms with Crippen molar-refractivity contribution in [2.24, 2.45) is 0 Å². The number of amides is 1. The lowest BCUT2D eigenvalue weighted by Crippen LogP contribution is -2.22. The molecule has 1 saturated heterocycles.